The van der Waals surface area contributed by atoms with Crippen molar-refractivity contribution in [3.63, 3.8) is 0 Å². The van der Waals surface area contributed by atoms with Gasteiger partial charge in [0.05, 0.1) is 22.2 Å². The maximum absolute atomic E-state index is 12.1. The largest absolute Gasteiger partial charge is 0.487 e. The Morgan fingerprint density at radius 2 is 1.94 bits per heavy atom. The summed E-state index contributed by atoms with van der Waals surface area (Å²) in [6.07, 6.45) is 5.18. The van der Waals surface area contributed by atoms with Crippen LogP contribution in [0, 0.1) is 12.8 Å². The molecule has 2 heterocycles. The van der Waals surface area contributed by atoms with Crippen LogP contribution in [0.1, 0.15) is 54.2 Å². The number of carbonyl (C=O) groups is 1. The third kappa shape index (κ3) is 5.27. The van der Waals surface area contributed by atoms with E-state index in [1.807, 2.05) is 43.5 Å². The molecule has 2 aromatic heterocycles. The van der Waals surface area contributed by atoms with Crippen molar-refractivity contribution in [1.82, 2.24) is 14.5 Å². The van der Waals surface area contributed by atoms with Crippen LogP contribution in [0.4, 0.5) is 0 Å². The second kappa shape index (κ2) is 10.6. The summed E-state index contributed by atoms with van der Waals surface area (Å²) in [5.41, 5.74) is 4.51. The highest BCUT2D eigenvalue weighted by molar-refractivity contribution is 9.10. The highest BCUT2D eigenvalue weighted by atomic mass is 79.9. The molecule has 2 aromatic carbocycles. The van der Waals surface area contributed by atoms with Crippen molar-refractivity contribution in [2.75, 3.05) is 0 Å². The highest BCUT2D eigenvalue weighted by Gasteiger charge is 2.35. The van der Waals surface area contributed by atoms with Gasteiger partial charge in [0.1, 0.15) is 23.7 Å². The normalized spacial score (nSPS) is 17.9. The van der Waals surface area contributed by atoms with Crippen LogP contribution in [0.15, 0.2) is 59.2 Å². The molecule has 5 rings (SSSR count). The first-order valence-corrected chi connectivity index (χ1v) is 13.3. The van der Waals surface area contributed by atoms with Crippen LogP contribution >= 0.6 is 27.5 Å². The number of fused-ring (bicyclic) bond motifs is 1. The van der Waals surface area contributed by atoms with Gasteiger partial charge >= 0.3 is 5.97 Å². The monoisotopic (exact) mass is 567 g/mol. The van der Waals surface area contributed by atoms with E-state index in [-0.39, 0.29) is 5.92 Å². The number of pyridine rings is 1. The van der Waals surface area contributed by atoms with Crippen molar-refractivity contribution in [2.24, 2.45) is 5.92 Å². The summed E-state index contributed by atoms with van der Waals surface area (Å²) >= 11 is 10.2. The average Bonchev–Trinajstić information content (AvgIpc) is 3.23. The van der Waals surface area contributed by atoms with Crippen molar-refractivity contribution >= 4 is 44.5 Å². The third-order valence-electron chi connectivity index (χ3n) is 6.84. The van der Waals surface area contributed by atoms with E-state index in [4.69, 9.17) is 21.3 Å². The predicted molar refractivity (Wildman–Crippen MR) is 144 cm³/mol. The van der Waals surface area contributed by atoms with Crippen molar-refractivity contribution in [2.45, 2.75) is 51.7 Å². The molecule has 0 amide bonds. The van der Waals surface area contributed by atoms with Gasteiger partial charge in [-0.25, -0.2) is 4.98 Å². The molecule has 36 heavy (non-hydrogen) atoms. The molecule has 1 fully saturated rings. The molecule has 8 heteroatoms. The molecular formula is C28H27BrClN3O3. The molecule has 1 aliphatic carbocycles. The standard InChI is InChI=1S/C28H27BrClN3O3/c1-17-6-11-20(31-14-17)16-36-21-12-24(30)26-25(13-21)33(15-18-7-9-19(29)10-8-18)27(32-26)22-4-2-3-5-23(22)28(34)35/h6-14,22-23H,2-5,15-16H2,1H3,(H,34,35)/t22-,23+/m0/s1. The van der Waals surface area contributed by atoms with Gasteiger partial charge in [-0.3, -0.25) is 9.78 Å². The summed E-state index contributed by atoms with van der Waals surface area (Å²) in [6.45, 7) is 2.87. The Balaban J connectivity index is 1.57. The number of benzene rings is 2. The molecule has 0 spiro atoms. The molecule has 0 bridgehead atoms. The molecule has 0 radical (unpaired) electrons. The molecule has 0 saturated heterocycles. The quantitative estimate of drug-likeness (QED) is 0.256. The second-order valence-corrected chi connectivity index (χ2v) is 10.7. The fraction of sp³-hybridized carbons (Fsp3) is 0.321. The summed E-state index contributed by atoms with van der Waals surface area (Å²) in [7, 11) is 0. The minimum Gasteiger partial charge on any atom is -0.487 e. The molecule has 4 aromatic rings. The lowest BCUT2D eigenvalue weighted by atomic mass is 9.78. The van der Waals surface area contributed by atoms with Gasteiger partial charge in [0.15, 0.2) is 0 Å². The Labute approximate surface area is 223 Å². The van der Waals surface area contributed by atoms with E-state index in [2.05, 4.69) is 37.6 Å². The van der Waals surface area contributed by atoms with Gasteiger partial charge < -0.3 is 14.4 Å². The van der Waals surface area contributed by atoms with Crippen molar-refractivity contribution in [3.05, 3.63) is 86.9 Å². The van der Waals surface area contributed by atoms with Crippen LogP contribution in [-0.2, 0) is 17.9 Å². The molecule has 0 unspecified atom stereocenters. The molecule has 1 saturated carbocycles. The molecule has 1 N–H and O–H groups in total. The Kier molecular flexibility index (Phi) is 7.30. The lowest BCUT2D eigenvalue weighted by molar-refractivity contribution is -0.143. The number of aryl methyl sites for hydroxylation is 1. The second-order valence-electron chi connectivity index (χ2n) is 9.41. The van der Waals surface area contributed by atoms with E-state index >= 15 is 0 Å². The van der Waals surface area contributed by atoms with Crippen LogP contribution in [0.5, 0.6) is 5.75 Å². The maximum Gasteiger partial charge on any atom is 0.307 e. The van der Waals surface area contributed by atoms with Crippen molar-refractivity contribution in [1.29, 1.82) is 0 Å². The van der Waals surface area contributed by atoms with Crippen LogP contribution < -0.4 is 4.74 Å². The molecular weight excluding hydrogens is 542 g/mol. The topological polar surface area (TPSA) is 77.2 Å². The van der Waals surface area contributed by atoms with Gasteiger partial charge in [-0.05, 0) is 49.1 Å². The van der Waals surface area contributed by atoms with Gasteiger partial charge in [0.25, 0.3) is 0 Å². The summed E-state index contributed by atoms with van der Waals surface area (Å²) in [5.74, 6) is 0.0105. The van der Waals surface area contributed by atoms with E-state index in [1.165, 1.54) is 0 Å². The van der Waals surface area contributed by atoms with Gasteiger partial charge in [0, 0.05) is 35.3 Å². The van der Waals surface area contributed by atoms with Gasteiger partial charge in [-0.15, -0.1) is 0 Å². The number of imidazole rings is 1. The summed E-state index contributed by atoms with van der Waals surface area (Å²) in [5, 5.41) is 10.4. The van der Waals surface area contributed by atoms with Crippen molar-refractivity contribution in [3.8, 4) is 5.75 Å². The molecule has 0 aliphatic heterocycles. The zero-order valence-corrected chi connectivity index (χ0v) is 22.3. The maximum atomic E-state index is 12.1. The first-order valence-electron chi connectivity index (χ1n) is 12.1. The fourth-order valence-corrected chi connectivity index (χ4v) is 5.47. The van der Waals surface area contributed by atoms with Crippen molar-refractivity contribution < 1.29 is 14.6 Å². The number of halogens is 2. The Hall–Kier alpha value is -2.90. The lowest BCUT2D eigenvalue weighted by Crippen LogP contribution is -2.27. The minimum atomic E-state index is -0.761. The van der Waals surface area contributed by atoms with Crippen LogP contribution in [0.2, 0.25) is 5.02 Å². The smallest absolute Gasteiger partial charge is 0.307 e. The average molecular weight is 569 g/mol. The number of ether oxygens (including phenoxy) is 1. The number of carboxylic acids is 1. The number of aliphatic carboxylic acids is 1. The summed E-state index contributed by atoms with van der Waals surface area (Å²) < 4.78 is 9.19. The third-order valence-corrected chi connectivity index (χ3v) is 7.66. The minimum absolute atomic E-state index is 0.170. The van der Waals surface area contributed by atoms with E-state index in [9.17, 15) is 9.90 Å². The van der Waals surface area contributed by atoms with E-state index < -0.39 is 11.9 Å². The number of rotatable bonds is 7. The number of nitrogens with zero attached hydrogens (tertiary/aromatic N) is 3. The fourth-order valence-electron chi connectivity index (χ4n) is 4.96. The summed E-state index contributed by atoms with van der Waals surface area (Å²) in [4.78, 5) is 21.5. The zero-order chi connectivity index (χ0) is 25.2. The van der Waals surface area contributed by atoms with Crippen LogP contribution in [0.25, 0.3) is 11.0 Å². The van der Waals surface area contributed by atoms with Gasteiger partial charge in [-0.1, -0.05) is 58.6 Å². The van der Waals surface area contributed by atoms with Crippen LogP contribution in [0.3, 0.4) is 0 Å². The van der Waals surface area contributed by atoms with Crippen LogP contribution in [-0.4, -0.2) is 25.6 Å². The molecule has 1 aliphatic rings. The zero-order valence-electron chi connectivity index (χ0n) is 20.0. The number of carboxylic acid groups (broad SMARTS) is 1. The molecule has 186 valence electrons. The predicted octanol–water partition coefficient (Wildman–Crippen LogP) is 7.14. The van der Waals surface area contributed by atoms with Gasteiger partial charge in [0.2, 0.25) is 0 Å². The summed E-state index contributed by atoms with van der Waals surface area (Å²) in [6, 6.07) is 15.8. The van der Waals surface area contributed by atoms with E-state index in [1.54, 1.807) is 6.07 Å². The SMILES string of the molecule is Cc1ccc(COc2cc(Cl)c3nc([C@H]4CCCC[C@H]4C(=O)O)n(Cc4ccc(Br)cc4)c3c2)nc1. The van der Waals surface area contributed by atoms with Gasteiger partial charge in [-0.2, -0.15) is 0 Å². The van der Waals surface area contributed by atoms with E-state index in [0.29, 0.717) is 35.9 Å². The first-order chi connectivity index (χ1) is 17.4. The highest BCUT2D eigenvalue weighted by Crippen LogP contribution is 2.40. The van der Waals surface area contributed by atoms with E-state index in [0.717, 1.165) is 51.9 Å². The number of hydrogen-bond acceptors (Lipinski definition) is 4. The number of aromatic nitrogens is 3. The Morgan fingerprint density at radius 3 is 2.67 bits per heavy atom. The molecule has 6 nitrogen and oxygen atoms in total. The molecule has 2 atom stereocenters. The first kappa shape index (κ1) is 24.8. The Morgan fingerprint density at radius 1 is 1.17 bits per heavy atom. The number of hydrogen-bond donors (Lipinski definition) is 1. The lowest BCUT2D eigenvalue weighted by Gasteiger charge is -2.28. The Bertz CT molecular complexity index is 1390.